The summed E-state index contributed by atoms with van der Waals surface area (Å²) in [5, 5.41) is 7.53. The Morgan fingerprint density at radius 2 is 2.03 bits per heavy atom. The topological polar surface area (TPSA) is 91.8 Å². The molecule has 1 heterocycles. The predicted octanol–water partition coefficient (Wildman–Crippen LogP) is 2.09. The number of rotatable bonds is 8. The second-order valence-electron chi connectivity index (χ2n) is 7.57. The highest BCUT2D eigenvalue weighted by molar-refractivity contribution is 7.99. The van der Waals surface area contributed by atoms with Crippen LogP contribution in [0.5, 0.6) is 0 Å². The number of hydrogen-bond donors (Lipinski definition) is 3. The Labute approximate surface area is 178 Å². The molecule has 2 fully saturated rings. The first-order valence-corrected chi connectivity index (χ1v) is 13.0. The summed E-state index contributed by atoms with van der Waals surface area (Å²) in [5.74, 6) is 0.784. The van der Waals surface area contributed by atoms with E-state index in [1.165, 1.54) is 6.42 Å². The first-order valence-electron chi connectivity index (χ1n) is 10.2. The average molecular weight is 441 g/mol. The van der Waals surface area contributed by atoms with Gasteiger partial charge in [-0.25, -0.2) is 13.1 Å². The molecule has 3 atom stereocenters. The summed E-state index contributed by atoms with van der Waals surface area (Å²) in [4.78, 5) is 4.58. The van der Waals surface area contributed by atoms with Crippen LogP contribution >= 0.6 is 11.8 Å². The van der Waals surface area contributed by atoms with Gasteiger partial charge in [0.25, 0.3) is 0 Å². The zero-order valence-corrected chi connectivity index (χ0v) is 18.8. The molecule has 1 aromatic rings. The molecule has 1 saturated carbocycles. The zero-order valence-electron chi connectivity index (χ0n) is 17.2. The van der Waals surface area contributed by atoms with Crippen molar-refractivity contribution in [1.82, 2.24) is 15.4 Å². The summed E-state index contributed by atoms with van der Waals surface area (Å²) in [5.41, 5.74) is 0.999. The van der Waals surface area contributed by atoms with Crippen LogP contribution in [-0.4, -0.2) is 58.2 Å². The molecular formula is C20H32N4O3S2. The van der Waals surface area contributed by atoms with Crippen molar-refractivity contribution in [3.8, 4) is 0 Å². The number of ether oxygens (including phenoxy) is 1. The Balaban J connectivity index is 1.47. The second kappa shape index (κ2) is 10.7. The third-order valence-corrected chi connectivity index (χ3v) is 8.04. The highest BCUT2D eigenvalue weighted by Gasteiger charge is 2.24. The number of thioether (sulfide) groups is 1. The van der Waals surface area contributed by atoms with Crippen molar-refractivity contribution in [3.05, 3.63) is 29.8 Å². The highest BCUT2D eigenvalue weighted by atomic mass is 32.2. The van der Waals surface area contributed by atoms with Crippen LogP contribution in [0.1, 0.15) is 37.7 Å². The van der Waals surface area contributed by atoms with E-state index < -0.39 is 10.0 Å². The minimum absolute atomic E-state index is 0.0152. The fourth-order valence-corrected chi connectivity index (χ4v) is 5.60. The third kappa shape index (κ3) is 6.60. The molecule has 0 bridgehead atoms. The van der Waals surface area contributed by atoms with Crippen molar-refractivity contribution in [2.24, 2.45) is 4.99 Å². The van der Waals surface area contributed by atoms with E-state index in [1.807, 2.05) is 23.9 Å². The Bertz CT molecular complexity index is 777. The molecule has 0 amide bonds. The van der Waals surface area contributed by atoms with Gasteiger partial charge in [-0.05, 0) is 56.1 Å². The van der Waals surface area contributed by atoms with Crippen LogP contribution in [0, 0.1) is 0 Å². The summed E-state index contributed by atoms with van der Waals surface area (Å²) in [6.45, 7) is 1.62. The van der Waals surface area contributed by atoms with Gasteiger partial charge in [-0.2, -0.15) is 11.8 Å². The molecule has 1 aromatic carbocycles. The molecule has 2 aliphatic rings. The first kappa shape index (κ1) is 22.4. The van der Waals surface area contributed by atoms with Crippen LogP contribution < -0.4 is 15.4 Å². The van der Waals surface area contributed by atoms with Gasteiger partial charge in [0.2, 0.25) is 10.0 Å². The van der Waals surface area contributed by atoms with Gasteiger partial charge in [-0.1, -0.05) is 12.1 Å². The van der Waals surface area contributed by atoms with Crippen molar-refractivity contribution in [3.63, 3.8) is 0 Å². The van der Waals surface area contributed by atoms with Gasteiger partial charge in [-0.3, -0.25) is 4.99 Å². The Hall–Kier alpha value is -1.29. The second-order valence-corrected chi connectivity index (χ2v) is 10.5. The molecule has 0 radical (unpaired) electrons. The van der Waals surface area contributed by atoms with Gasteiger partial charge in [0.15, 0.2) is 5.96 Å². The van der Waals surface area contributed by atoms with E-state index in [-0.39, 0.29) is 11.0 Å². The molecule has 3 N–H and O–H groups in total. The molecular weight excluding hydrogens is 408 g/mol. The van der Waals surface area contributed by atoms with Gasteiger partial charge in [0.1, 0.15) is 0 Å². The largest absolute Gasteiger partial charge is 0.377 e. The maximum absolute atomic E-state index is 12.4. The lowest BCUT2D eigenvalue weighted by atomic mass is 10.2. The lowest BCUT2D eigenvalue weighted by Gasteiger charge is -2.17. The van der Waals surface area contributed by atoms with Crippen LogP contribution in [0.3, 0.4) is 0 Å². The lowest BCUT2D eigenvalue weighted by Crippen LogP contribution is -2.42. The van der Waals surface area contributed by atoms with Crippen molar-refractivity contribution in [2.75, 3.05) is 26.5 Å². The number of benzene rings is 1. The van der Waals surface area contributed by atoms with E-state index in [0.717, 1.165) is 42.5 Å². The predicted molar refractivity (Wildman–Crippen MR) is 119 cm³/mol. The van der Waals surface area contributed by atoms with Gasteiger partial charge in [-0.15, -0.1) is 0 Å². The molecule has 3 unspecified atom stereocenters. The summed E-state index contributed by atoms with van der Waals surface area (Å²) in [7, 11) is -1.74. The number of sulfonamides is 1. The molecule has 9 heteroatoms. The first-order chi connectivity index (χ1) is 14.0. The van der Waals surface area contributed by atoms with E-state index in [2.05, 4.69) is 26.6 Å². The Kier molecular flexibility index (Phi) is 8.23. The van der Waals surface area contributed by atoms with Gasteiger partial charge >= 0.3 is 0 Å². The molecule has 3 rings (SSSR count). The average Bonchev–Trinajstić information content (AvgIpc) is 3.41. The molecule has 1 aliphatic carbocycles. The smallest absolute Gasteiger partial charge is 0.240 e. The van der Waals surface area contributed by atoms with Gasteiger partial charge < -0.3 is 15.4 Å². The number of nitrogens with one attached hydrogen (secondary N) is 3. The maximum atomic E-state index is 12.4. The summed E-state index contributed by atoms with van der Waals surface area (Å²) in [6.07, 6.45) is 7.62. The third-order valence-electron chi connectivity index (χ3n) is 5.50. The normalized spacial score (nSPS) is 25.3. The standard InChI is InChI=1S/C20H32N4O3S2/c1-21-20(24-16-7-8-18(12-16)28-2)22-13-15-5-9-19(10-6-15)29(25,26)23-14-17-4-3-11-27-17/h5-6,9-10,16-18,23H,3-4,7-8,11-14H2,1-2H3,(H2,21,22,24). The van der Waals surface area contributed by atoms with Gasteiger partial charge in [0.05, 0.1) is 11.0 Å². The molecule has 162 valence electrons. The molecule has 0 spiro atoms. The molecule has 0 aromatic heterocycles. The summed E-state index contributed by atoms with van der Waals surface area (Å²) in [6, 6.07) is 7.41. The molecule has 1 aliphatic heterocycles. The fourth-order valence-electron chi connectivity index (χ4n) is 3.74. The van der Waals surface area contributed by atoms with Crippen molar-refractivity contribution >= 4 is 27.7 Å². The monoisotopic (exact) mass is 440 g/mol. The van der Waals surface area contributed by atoms with Crippen molar-refractivity contribution in [1.29, 1.82) is 0 Å². The number of guanidine groups is 1. The van der Waals surface area contributed by atoms with Crippen LogP contribution in [0.2, 0.25) is 0 Å². The SMILES string of the molecule is CN=C(NCc1ccc(S(=O)(=O)NCC2CCCO2)cc1)NC1CCC(SC)C1. The Morgan fingerprint density at radius 3 is 2.66 bits per heavy atom. The van der Waals surface area contributed by atoms with E-state index >= 15 is 0 Å². The van der Waals surface area contributed by atoms with Crippen LogP contribution in [0.25, 0.3) is 0 Å². The van der Waals surface area contributed by atoms with E-state index in [9.17, 15) is 8.42 Å². The van der Waals surface area contributed by atoms with Crippen molar-refractivity contribution in [2.45, 2.75) is 60.9 Å². The lowest BCUT2D eigenvalue weighted by molar-refractivity contribution is 0.114. The minimum atomic E-state index is -3.51. The van der Waals surface area contributed by atoms with E-state index in [4.69, 9.17) is 4.74 Å². The van der Waals surface area contributed by atoms with Crippen LogP contribution in [0.4, 0.5) is 0 Å². The van der Waals surface area contributed by atoms with E-state index in [1.54, 1.807) is 19.2 Å². The zero-order chi connectivity index (χ0) is 20.7. The number of nitrogens with zero attached hydrogens (tertiary/aromatic N) is 1. The van der Waals surface area contributed by atoms with Crippen molar-refractivity contribution < 1.29 is 13.2 Å². The molecule has 7 nitrogen and oxygen atoms in total. The Morgan fingerprint density at radius 1 is 1.24 bits per heavy atom. The number of aliphatic imine (C=N–C) groups is 1. The molecule has 1 saturated heterocycles. The quantitative estimate of drug-likeness (QED) is 0.424. The summed E-state index contributed by atoms with van der Waals surface area (Å²) < 4.78 is 33.0. The van der Waals surface area contributed by atoms with Crippen LogP contribution in [0.15, 0.2) is 34.2 Å². The highest BCUT2D eigenvalue weighted by Crippen LogP contribution is 2.28. The molecule has 29 heavy (non-hydrogen) atoms. The fraction of sp³-hybridized carbons (Fsp3) is 0.650. The number of hydrogen-bond acceptors (Lipinski definition) is 5. The van der Waals surface area contributed by atoms with Gasteiger partial charge in [0, 0.05) is 38.0 Å². The minimum Gasteiger partial charge on any atom is -0.377 e. The summed E-state index contributed by atoms with van der Waals surface area (Å²) >= 11 is 1.93. The van der Waals surface area contributed by atoms with E-state index in [0.29, 0.717) is 25.7 Å². The van der Waals surface area contributed by atoms with Crippen LogP contribution in [-0.2, 0) is 21.3 Å². The maximum Gasteiger partial charge on any atom is 0.240 e.